The van der Waals surface area contributed by atoms with E-state index in [1.807, 2.05) is 0 Å². The molecule has 0 heterocycles. The molecule has 2 aliphatic rings. The van der Waals surface area contributed by atoms with E-state index >= 15 is 0 Å². The zero-order valence-corrected chi connectivity index (χ0v) is 9.04. The second-order valence-electron chi connectivity index (χ2n) is 4.87. The molecule has 1 heteroatoms. The number of aliphatic hydroxyl groups excluding tert-OH is 1. The highest BCUT2D eigenvalue weighted by Crippen LogP contribution is 2.32. The molecular weight excluding hydrogens is 172 g/mol. The molecule has 0 radical (unpaired) electrons. The lowest BCUT2D eigenvalue weighted by Crippen LogP contribution is -2.25. The van der Waals surface area contributed by atoms with Gasteiger partial charge < -0.3 is 5.11 Å². The normalized spacial score (nSPS) is 27.1. The van der Waals surface area contributed by atoms with E-state index < -0.39 is 0 Å². The first kappa shape index (κ1) is 10.2. The maximum Gasteiger partial charge on any atom is 0.0778 e. The Morgan fingerprint density at radius 2 is 1.86 bits per heavy atom. The maximum absolute atomic E-state index is 10.2. The molecule has 14 heavy (non-hydrogen) atoms. The number of aliphatic hydroxyl groups is 1. The number of hydrogen-bond acceptors (Lipinski definition) is 1. The summed E-state index contributed by atoms with van der Waals surface area (Å²) < 4.78 is 0. The molecule has 0 spiro atoms. The van der Waals surface area contributed by atoms with Crippen LogP contribution < -0.4 is 0 Å². The molecule has 2 aliphatic carbocycles. The van der Waals surface area contributed by atoms with Crippen LogP contribution in [-0.2, 0) is 0 Å². The predicted octanol–water partition coefficient (Wildman–Crippen LogP) is 3.43. The van der Waals surface area contributed by atoms with E-state index in [4.69, 9.17) is 0 Å². The first-order chi connectivity index (χ1) is 6.88. The molecule has 0 saturated heterocycles. The Labute approximate surface area is 87.2 Å². The van der Waals surface area contributed by atoms with Gasteiger partial charge in [-0.05, 0) is 50.0 Å². The molecule has 1 fully saturated rings. The van der Waals surface area contributed by atoms with Gasteiger partial charge in [-0.1, -0.05) is 25.3 Å². The van der Waals surface area contributed by atoms with Crippen LogP contribution in [-0.4, -0.2) is 11.2 Å². The average molecular weight is 194 g/mol. The van der Waals surface area contributed by atoms with Gasteiger partial charge in [0.2, 0.25) is 0 Å². The molecule has 0 aromatic rings. The molecule has 0 unspecified atom stereocenters. The van der Waals surface area contributed by atoms with E-state index in [0.29, 0.717) is 5.92 Å². The van der Waals surface area contributed by atoms with Crippen molar-refractivity contribution in [3.05, 3.63) is 11.6 Å². The first-order valence-electron chi connectivity index (χ1n) is 6.25. The van der Waals surface area contributed by atoms with Crippen molar-refractivity contribution in [2.45, 2.75) is 63.9 Å². The Morgan fingerprint density at radius 3 is 2.50 bits per heavy atom. The molecule has 0 aliphatic heterocycles. The predicted molar refractivity (Wildman–Crippen MR) is 59.1 cm³/mol. The maximum atomic E-state index is 10.2. The van der Waals surface area contributed by atoms with Crippen molar-refractivity contribution in [1.29, 1.82) is 0 Å². The van der Waals surface area contributed by atoms with E-state index in [1.54, 1.807) is 0 Å². The van der Waals surface area contributed by atoms with Crippen molar-refractivity contribution in [3.63, 3.8) is 0 Å². The highest BCUT2D eigenvalue weighted by atomic mass is 16.3. The topological polar surface area (TPSA) is 20.2 Å². The lowest BCUT2D eigenvalue weighted by Gasteiger charge is -2.29. The van der Waals surface area contributed by atoms with Crippen molar-refractivity contribution in [1.82, 2.24) is 0 Å². The molecule has 2 rings (SSSR count). The minimum Gasteiger partial charge on any atom is -0.388 e. The van der Waals surface area contributed by atoms with Crippen LogP contribution in [0.4, 0.5) is 0 Å². The molecule has 80 valence electrons. The quantitative estimate of drug-likeness (QED) is 0.668. The Morgan fingerprint density at radius 1 is 1.07 bits per heavy atom. The number of hydrogen-bond donors (Lipinski definition) is 1. The van der Waals surface area contributed by atoms with Crippen LogP contribution >= 0.6 is 0 Å². The fourth-order valence-corrected chi connectivity index (χ4v) is 2.88. The van der Waals surface area contributed by atoms with Gasteiger partial charge in [-0.2, -0.15) is 0 Å². The van der Waals surface area contributed by atoms with Gasteiger partial charge >= 0.3 is 0 Å². The van der Waals surface area contributed by atoms with Crippen LogP contribution in [0, 0.1) is 5.92 Å². The summed E-state index contributed by atoms with van der Waals surface area (Å²) in [5.41, 5.74) is 1.35. The summed E-state index contributed by atoms with van der Waals surface area (Å²) in [5.74, 6) is 0.577. The van der Waals surface area contributed by atoms with Crippen LogP contribution in [0.15, 0.2) is 11.6 Å². The number of allylic oxidation sites excluding steroid dienone is 1. The van der Waals surface area contributed by atoms with Gasteiger partial charge in [-0.25, -0.2) is 0 Å². The fourth-order valence-electron chi connectivity index (χ4n) is 2.88. The Kier molecular flexibility index (Phi) is 3.63. The average Bonchev–Trinajstić information content (AvgIpc) is 2.30. The Balaban J connectivity index is 1.91. The summed E-state index contributed by atoms with van der Waals surface area (Å²) in [5, 5.41) is 10.2. The van der Waals surface area contributed by atoms with Crippen molar-refractivity contribution < 1.29 is 5.11 Å². The van der Waals surface area contributed by atoms with E-state index in [1.165, 1.54) is 56.9 Å². The van der Waals surface area contributed by atoms with Gasteiger partial charge in [0, 0.05) is 0 Å². The third-order valence-electron chi connectivity index (χ3n) is 3.80. The Hall–Kier alpha value is -0.300. The minimum atomic E-state index is -0.101. The third-order valence-corrected chi connectivity index (χ3v) is 3.80. The summed E-state index contributed by atoms with van der Waals surface area (Å²) in [6.07, 6.45) is 13.7. The number of rotatable bonds is 2. The van der Waals surface area contributed by atoms with Gasteiger partial charge in [0.25, 0.3) is 0 Å². The molecule has 1 N–H and O–H groups in total. The van der Waals surface area contributed by atoms with Gasteiger partial charge in [0.15, 0.2) is 0 Å². The van der Waals surface area contributed by atoms with Crippen LogP contribution in [0.5, 0.6) is 0 Å². The minimum absolute atomic E-state index is 0.101. The zero-order chi connectivity index (χ0) is 9.80. The Bertz CT molecular complexity index is 201. The van der Waals surface area contributed by atoms with E-state index in [9.17, 15) is 5.11 Å². The summed E-state index contributed by atoms with van der Waals surface area (Å²) in [7, 11) is 0. The van der Waals surface area contributed by atoms with E-state index in [-0.39, 0.29) is 6.10 Å². The molecule has 1 saturated carbocycles. The highest BCUT2D eigenvalue weighted by molar-refractivity contribution is 5.12. The van der Waals surface area contributed by atoms with Gasteiger partial charge in [-0.15, -0.1) is 0 Å². The molecule has 0 amide bonds. The van der Waals surface area contributed by atoms with E-state index in [2.05, 4.69) is 6.08 Å². The van der Waals surface area contributed by atoms with Crippen LogP contribution in [0.25, 0.3) is 0 Å². The standard InChI is InChI=1S/C13H22O/c14-13(11-7-3-1-4-8-11)12-9-5-2-6-10-12/h7,12-14H,1-6,8-10H2/t13-/m1/s1. The molecule has 1 nitrogen and oxygen atoms in total. The summed E-state index contributed by atoms with van der Waals surface area (Å²) in [4.78, 5) is 0. The first-order valence-corrected chi connectivity index (χ1v) is 6.25. The van der Waals surface area contributed by atoms with Crippen molar-refractivity contribution in [2.24, 2.45) is 5.92 Å². The monoisotopic (exact) mass is 194 g/mol. The zero-order valence-electron chi connectivity index (χ0n) is 9.04. The van der Waals surface area contributed by atoms with Crippen molar-refractivity contribution >= 4 is 0 Å². The molecular formula is C13H22O. The van der Waals surface area contributed by atoms with Gasteiger partial charge in [0.1, 0.15) is 0 Å². The summed E-state index contributed by atoms with van der Waals surface area (Å²) in [6, 6.07) is 0. The lowest BCUT2D eigenvalue weighted by atomic mass is 9.80. The second kappa shape index (κ2) is 4.97. The molecule has 0 aromatic heterocycles. The SMILES string of the molecule is O[C@H](C1=CCCCC1)C1CCCCC1. The van der Waals surface area contributed by atoms with Crippen LogP contribution in [0.3, 0.4) is 0 Å². The van der Waals surface area contributed by atoms with Crippen LogP contribution in [0.2, 0.25) is 0 Å². The largest absolute Gasteiger partial charge is 0.388 e. The summed E-state index contributed by atoms with van der Waals surface area (Å²) in [6.45, 7) is 0. The second-order valence-corrected chi connectivity index (χ2v) is 4.87. The van der Waals surface area contributed by atoms with Crippen LogP contribution in [0.1, 0.15) is 57.8 Å². The van der Waals surface area contributed by atoms with Crippen molar-refractivity contribution in [3.8, 4) is 0 Å². The highest BCUT2D eigenvalue weighted by Gasteiger charge is 2.24. The summed E-state index contributed by atoms with van der Waals surface area (Å²) >= 11 is 0. The third kappa shape index (κ3) is 2.38. The lowest BCUT2D eigenvalue weighted by molar-refractivity contribution is 0.110. The molecule has 0 aromatic carbocycles. The van der Waals surface area contributed by atoms with Gasteiger partial charge in [-0.3, -0.25) is 0 Å². The smallest absolute Gasteiger partial charge is 0.0778 e. The van der Waals surface area contributed by atoms with Gasteiger partial charge in [0.05, 0.1) is 6.10 Å². The molecule has 0 bridgehead atoms. The fraction of sp³-hybridized carbons (Fsp3) is 0.846. The molecule has 1 atom stereocenters. The van der Waals surface area contributed by atoms with Crippen molar-refractivity contribution in [2.75, 3.05) is 0 Å². The van der Waals surface area contributed by atoms with E-state index in [0.717, 1.165) is 6.42 Å².